The van der Waals surface area contributed by atoms with Crippen LogP contribution in [0.15, 0.2) is 6.07 Å². The molecule has 0 bridgehead atoms. The van der Waals surface area contributed by atoms with Gasteiger partial charge in [-0.15, -0.1) is 10.2 Å². The first-order valence-electron chi connectivity index (χ1n) is 5.32. The summed E-state index contributed by atoms with van der Waals surface area (Å²) in [7, 11) is 0. The molecule has 1 rings (SSSR count). The summed E-state index contributed by atoms with van der Waals surface area (Å²) in [6.45, 7) is 0. The molecular weight excluding hydrogens is 311 g/mol. The van der Waals surface area contributed by atoms with E-state index in [0.29, 0.717) is 0 Å². The van der Waals surface area contributed by atoms with Gasteiger partial charge in [0.15, 0.2) is 10.3 Å². The van der Waals surface area contributed by atoms with E-state index in [0.717, 1.165) is 6.07 Å². The number of primary amides is 1. The van der Waals surface area contributed by atoms with Crippen molar-refractivity contribution in [1.29, 1.82) is 0 Å². The number of aliphatic carboxylic acids is 1. The van der Waals surface area contributed by atoms with Crippen molar-refractivity contribution in [2.45, 2.75) is 18.9 Å². The zero-order chi connectivity index (χ0) is 15.3. The lowest BCUT2D eigenvalue weighted by Gasteiger charge is -2.13. The van der Waals surface area contributed by atoms with E-state index in [2.05, 4.69) is 15.5 Å². The summed E-state index contributed by atoms with van der Waals surface area (Å²) in [5.41, 5.74) is 4.81. The van der Waals surface area contributed by atoms with Crippen LogP contribution in [0.25, 0.3) is 0 Å². The Bertz CT molecular complexity index is 552. The van der Waals surface area contributed by atoms with Gasteiger partial charge in [0.1, 0.15) is 6.04 Å². The molecule has 1 aromatic heterocycles. The molecule has 0 aliphatic carbocycles. The highest BCUT2D eigenvalue weighted by Gasteiger charge is 2.23. The molecule has 0 saturated heterocycles. The summed E-state index contributed by atoms with van der Waals surface area (Å²) in [5, 5.41) is 17.7. The summed E-state index contributed by atoms with van der Waals surface area (Å²) in [4.78, 5) is 33.5. The first-order chi connectivity index (χ1) is 9.31. The van der Waals surface area contributed by atoms with Crippen LogP contribution in [0, 0.1) is 0 Å². The maximum atomic E-state index is 11.9. The molecule has 10 heteroatoms. The molecule has 108 valence electrons. The van der Waals surface area contributed by atoms with Gasteiger partial charge in [-0.25, -0.2) is 4.79 Å². The quantitative estimate of drug-likeness (QED) is 0.686. The monoisotopic (exact) mass is 320 g/mol. The average molecular weight is 321 g/mol. The standard InChI is InChI=1S/C10H10Cl2N4O4/c11-6-3-4(8(12)16-15-6)9(18)14-5(10(19)20)1-2-7(13)17/h3,5H,1-2H2,(H2,13,17)(H,14,18)(H,19,20)/t5-/m0/s1. The number of carboxylic acids is 1. The van der Waals surface area contributed by atoms with Gasteiger partial charge >= 0.3 is 5.97 Å². The van der Waals surface area contributed by atoms with Crippen molar-refractivity contribution in [2.24, 2.45) is 5.73 Å². The predicted molar refractivity (Wildman–Crippen MR) is 69.4 cm³/mol. The SMILES string of the molecule is NC(=O)CC[C@H](NC(=O)c1cc(Cl)nnc1Cl)C(=O)O. The molecule has 1 aromatic rings. The molecule has 4 N–H and O–H groups in total. The summed E-state index contributed by atoms with van der Waals surface area (Å²) < 4.78 is 0. The number of amides is 2. The number of halogens is 2. The zero-order valence-electron chi connectivity index (χ0n) is 9.97. The van der Waals surface area contributed by atoms with Gasteiger partial charge in [0.2, 0.25) is 5.91 Å². The number of nitrogens with one attached hydrogen (secondary N) is 1. The minimum atomic E-state index is -1.30. The van der Waals surface area contributed by atoms with Crippen molar-refractivity contribution in [3.8, 4) is 0 Å². The maximum Gasteiger partial charge on any atom is 0.326 e. The van der Waals surface area contributed by atoms with Crippen LogP contribution in [0.4, 0.5) is 0 Å². The minimum Gasteiger partial charge on any atom is -0.480 e. The van der Waals surface area contributed by atoms with Gasteiger partial charge in [-0.05, 0) is 12.5 Å². The lowest BCUT2D eigenvalue weighted by Crippen LogP contribution is -2.41. The third kappa shape index (κ3) is 4.63. The van der Waals surface area contributed by atoms with Crippen LogP contribution in [0.5, 0.6) is 0 Å². The van der Waals surface area contributed by atoms with Crippen LogP contribution in [-0.2, 0) is 9.59 Å². The topological polar surface area (TPSA) is 135 Å². The second-order valence-corrected chi connectivity index (χ2v) is 4.49. The summed E-state index contributed by atoms with van der Waals surface area (Å²) in [6.07, 6.45) is -0.319. The summed E-state index contributed by atoms with van der Waals surface area (Å²) in [6, 6.07) is -0.128. The Kier molecular flexibility index (Phi) is 5.66. The summed E-state index contributed by atoms with van der Waals surface area (Å²) >= 11 is 11.2. The van der Waals surface area contributed by atoms with Crippen LogP contribution in [0.3, 0.4) is 0 Å². The number of hydrogen-bond donors (Lipinski definition) is 3. The van der Waals surface area contributed by atoms with Crippen LogP contribution >= 0.6 is 23.2 Å². The molecule has 0 radical (unpaired) electrons. The van der Waals surface area contributed by atoms with Crippen molar-refractivity contribution < 1.29 is 19.5 Å². The van der Waals surface area contributed by atoms with Crippen molar-refractivity contribution in [3.05, 3.63) is 21.9 Å². The predicted octanol–water partition coefficient (Wildman–Crippen LogP) is 0.232. The molecule has 0 spiro atoms. The smallest absolute Gasteiger partial charge is 0.326 e. The molecule has 0 saturated carbocycles. The average Bonchev–Trinajstić information content (AvgIpc) is 2.36. The minimum absolute atomic E-state index is 0.0661. The zero-order valence-corrected chi connectivity index (χ0v) is 11.5. The van der Waals surface area contributed by atoms with Crippen molar-refractivity contribution in [1.82, 2.24) is 15.5 Å². The molecule has 0 aliphatic rings. The third-order valence-electron chi connectivity index (χ3n) is 2.25. The molecule has 0 aromatic carbocycles. The highest BCUT2D eigenvalue weighted by molar-refractivity contribution is 6.34. The fourth-order valence-electron chi connectivity index (χ4n) is 1.29. The van der Waals surface area contributed by atoms with Crippen LogP contribution in [0.2, 0.25) is 10.3 Å². The maximum absolute atomic E-state index is 11.9. The lowest BCUT2D eigenvalue weighted by molar-refractivity contribution is -0.139. The Labute approximate surface area is 123 Å². The van der Waals surface area contributed by atoms with E-state index in [4.69, 9.17) is 34.0 Å². The Morgan fingerprint density at radius 3 is 2.55 bits per heavy atom. The highest BCUT2D eigenvalue weighted by Crippen LogP contribution is 2.15. The van der Waals surface area contributed by atoms with E-state index in [9.17, 15) is 14.4 Å². The lowest BCUT2D eigenvalue weighted by atomic mass is 10.1. The van der Waals surface area contributed by atoms with Crippen molar-refractivity contribution in [3.63, 3.8) is 0 Å². The molecule has 1 heterocycles. The van der Waals surface area contributed by atoms with Gasteiger partial charge in [0, 0.05) is 6.42 Å². The number of carbonyl (C=O) groups excluding carboxylic acids is 2. The molecule has 0 aliphatic heterocycles. The number of nitrogens with two attached hydrogens (primary N) is 1. The number of aromatic nitrogens is 2. The Morgan fingerprint density at radius 2 is 2.00 bits per heavy atom. The van der Waals surface area contributed by atoms with E-state index >= 15 is 0 Å². The van der Waals surface area contributed by atoms with Gasteiger partial charge in [-0.2, -0.15) is 0 Å². The normalized spacial score (nSPS) is 11.7. The van der Waals surface area contributed by atoms with E-state index < -0.39 is 23.8 Å². The number of carbonyl (C=O) groups is 3. The molecule has 0 fully saturated rings. The Balaban J connectivity index is 2.82. The van der Waals surface area contributed by atoms with Gasteiger partial charge in [-0.3, -0.25) is 9.59 Å². The van der Waals surface area contributed by atoms with E-state index in [-0.39, 0.29) is 28.7 Å². The molecule has 0 unspecified atom stereocenters. The largest absolute Gasteiger partial charge is 0.480 e. The highest BCUT2D eigenvalue weighted by atomic mass is 35.5. The fourth-order valence-corrected chi connectivity index (χ4v) is 1.62. The fraction of sp³-hybridized carbons (Fsp3) is 0.300. The first kappa shape index (κ1) is 16.1. The van der Waals surface area contributed by atoms with Gasteiger partial charge in [0.25, 0.3) is 5.91 Å². The second kappa shape index (κ2) is 7.01. The Morgan fingerprint density at radius 1 is 1.35 bits per heavy atom. The van der Waals surface area contributed by atoms with Crippen LogP contribution in [-0.4, -0.2) is 39.1 Å². The van der Waals surface area contributed by atoms with E-state index in [1.165, 1.54) is 0 Å². The van der Waals surface area contributed by atoms with Crippen LogP contribution in [0.1, 0.15) is 23.2 Å². The first-order valence-corrected chi connectivity index (χ1v) is 6.07. The molecule has 8 nitrogen and oxygen atoms in total. The number of rotatable bonds is 6. The number of hydrogen-bond acceptors (Lipinski definition) is 5. The van der Waals surface area contributed by atoms with Gasteiger partial charge < -0.3 is 16.2 Å². The van der Waals surface area contributed by atoms with Gasteiger partial charge in [0.05, 0.1) is 5.56 Å². The molecule has 1 atom stereocenters. The third-order valence-corrected chi connectivity index (χ3v) is 2.71. The van der Waals surface area contributed by atoms with Gasteiger partial charge in [-0.1, -0.05) is 23.2 Å². The van der Waals surface area contributed by atoms with E-state index in [1.807, 2.05) is 0 Å². The van der Waals surface area contributed by atoms with E-state index in [1.54, 1.807) is 0 Å². The van der Waals surface area contributed by atoms with Crippen LogP contribution < -0.4 is 11.1 Å². The Hall–Kier alpha value is -1.93. The van der Waals surface area contributed by atoms with Crippen molar-refractivity contribution >= 4 is 41.0 Å². The number of nitrogens with zero attached hydrogens (tertiary/aromatic N) is 2. The number of carboxylic acid groups (broad SMARTS) is 1. The molecule has 2 amide bonds. The second-order valence-electron chi connectivity index (χ2n) is 3.74. The van der Waals surface area contributed by atoms with Crippen molar-refractivity contribution in [2.75, 3.05) is 0 Å². The molecule has 20 heavy (non-hydrogen) atoms. The molecular formula is C10H10Cl2N4O4. The summed E-state index contributed by atoms with van der Waals surface area (Å²) in [5.74, 6) is -2.76.